The van der Waals surface area contributed by atoms with Crippen LogP contribution < -0.4 is 0 Å². The molecule has 1 aliphatic heterocycles. The molecule has 1 fully saturated rings. The monoisotopic (exact) mass is 501 g/mol. The van der Waals surface area contributed by atoms with E-state index in [1.54, 1.807) is 0 Å². The third-order valence-corrected chi connectivity index (χ3v) is 8.36. The van der Waals surface area contributed by atoms with E-state index in [1.807, 2.05) is 0 Å². The highest BCUT2D eigenvalue weighted by molar-refractivity contribution is 5.72. The largest absolute Gasteiger partial charge is 0.507 e. The number of nitrogens with zero attached hydrogens (tertiary/aromatic N) is 1. The molecule has 2 rings (SSSR count). The molecule has 206 valence electrons. The standard InChI is InChI=1S/C32H55NO3/c1-13-14-15-23(28(35)36-24-20-31(8,9)33(12)32(10,11)21-24)17-16-22-18-25(29(2,3)4)27(34)26(19-22)30(5,6)7/h18-19,23-24,34H,13-17,20-21H2,1-12H3. The van der Waals surface area contributed by atoms with Crippen LogP contribution in [0.15, 0.2) is 12.1 Å². The molecule has 0 aliphatic carbocycles. The molecule has 0 saturated carbocycles. The quantitative estimate of drug-likeness (QED) is 0.368. The first kappa shape index (κ1) is 30.7. The maximum atomic E-state index is 13.5. The Labute approximate surface area is 222 Å². The molecule has 1 aromatic carbocycles. The van der Waals surface area contributed by atoms with Crippen LogP contribution in [0.25, 0.3) is 0 Å². The Bertz CT molecular complexity index is 848. The smallest absolute Gasteiger partial charge is 0.309 e. The molecule has 1 N–H and O–H groups in total. The van der Waals surface area contributed by atoms with Gasteiger partial charge in [-0.1, -0.05) is 73.4 Å². The van der Waals surface area contributed by atoms with E-state index in [0.29, 0.717) is 5.75 Å². The molecule has 0 bridgehead atoms. The van der Waals surface area contributed by atoms with Gasteiger partial charge in [0.1, 0.15) is 11.9 Å². The number of unbranched alkanes of at least 4 members (excludes halogenated alkanes) is 1. The Hall–Kier alpha value is -1.55. The van der Waals surface area contributed by atoms with Crippen molar-refractivity contribution in [3.8, 4) is 5.75 Å². The SMILES string of the molecule is CCCCC(CCc1cc(C(C)(C)C)c(O)c(C(C)(C)C)c1)C(=O)OC1CC(C)(C)N(C)C(C)(C)C1. The number of esters is 1. The summed E-state index contributed by atoms with van der Waals surface area (Å²) in [6, 6.07) is 4.30. The van der Waals surface area contributed by atoms with Gasteiger partial charge in [0.05, 0.1) is 5.92 Å². The van der Waals surface area contributed by atoms with Gasteiger partial charge in [-0.15, -0.1) is 0 Å². The van der Waals surface area contributed by atoms with Crippen molar-refractivity contribution in [2.24, 2.45) is 5.92 Å². The van der Waals surface area contributed by atoms with E-state index in [0.717, 1.165) is 56.1 Å². The number of phenolic OH excluding ortho intramolecular Hbond substituents is 1. The Morgan fingerprint density at radius 3 is 1.89 bits per heavy atom. The second-order valence-corrected chi connectivity index (χ2v) is 14.6. The number of phenols is 1. The van der Waals surface area contributed by atoms with Crippen LogP contribution in [0.2, 0.25) is 0 Å². The van der Waals surface area contributed by atoms with E-state index in [2.05, 4.69) is 100 Å². The second-order valence-electron chi connectivity index (χ2n) is 14.6. The molecule has 0 amide bonds. The van der Waals surface area contributed by atoms with Crippen LogP contribution in [-0.2, 0) is 26.8 Å². The van der Waals surface area contributed by atoms with Gasteiger partial charge in [-0.25, -0.2) is 0 Å². The molecule has 1 saturated heterocycles. The molecular weight excluding hydrogens is 446 g/mol. The Morgan fingerprint density at radius 1 is 1.00 bits per heavy atom. The van der Waals surface area contributed by atoms with Crippen molar-refractivity contribution in [2.45, 2.75) is 149 Å². The third-order valence-electron chi connectivity index (χ3n) is 8.36. The van der Waals surface area contributed by atoms with Crippen LogP contribution in [0.3, 0.4) is 0 Å². The predicted octanol–water partition coefficient (Wildman–Crippen LogP) is 7.92. The Morgan fingerprint density at radius 2 is 1.47 bits per heavy atom. The molecule has 4 heteroatoms. The minimum absolute atomic E-state index is 0.00956. The van der Waals surface area contributed by atoms with Crippen LogP contribution in [-0.4, -0.2) is 40.2 Å². The highest BCUT2D eigenvalue weighted by Crippen LogP contribution is 2.41. The van der Waals surface area contributed by atoms with Crippen LogP contribution in [0.5, 0.6) is 5.75 Å². The lowest BCUT2D eigenvalue weighted by Crippen LogP contribution is -2.60. The van der Waals surface area contributed by atoms with Gasteiger partial charge in [0.15, 0.2) is 0 Å². The number of carbonyl (C=O) groups is 1. The van der Waals surface area contributed by atoms with Crippen molar-refractivity contribution in [3.63, 3.8) is 0 Å². The first-order chi connectivity index (χ1) is 16.3. The van der Waals surface area contributed by atoms with Gasteiger partial charge in [-0.3, -0.25) is 9.69 Å². The lowest BCUT2D eigenvalue weighted by atomic mass is 9.77. The lowest BCUT2D eigenvalue weighted by Gasteiger charge is -2.53. The van der Waals surface area contributed by atoms with Gasteiger partial charge < -0.3 is 9.84 Å². The molecule has 0 aromatic heterocycles. The fourth-order valence-electron chi connectivity index (χ4n) is 5.78. The fraction of sp³-hybridized carbons (Fsp3) is 0.781. The Kier molecular flexibility index (Phi) is 9.42. The maximum Gasteiger partial charge on any atom is 0.309 e. The summed E-state index contributed by atoms with van der Waals surface area (Å²) in [5, 5.41) is 11.1. The van der Waals surface area contributed by atoms with Gasteiger partial charge in [0.2, 0.25) is 0 Å². The number of piperidine rings is 1. The normalized spacial score (nSPS) is 19.8. The Balaban J connectivity index is 2.25. The molecule has 4 nitrogen and oxygen atoms in total. The summed E-state index contributed by atoms with van der Waals surface area (Å²) in [5.41, 5.74) is 2.82. The van der Waals surface area contributed by atoms with E-state index < -0.39 is 0 Å². The van der Waals surface area contributed by atoms with Crippen molar-refractivity contribution in [1.82, 2.24) is 4.90 Å². The number of rotatable bonds is 8. The summed E-state index contributed by atoms with van der Waals surface area (Å²) in [6.07, 6.45) is 6.22. The zero-order valence-electron chi connectivity index (χ0n) is 25.5. The first-order valence-corrected chi connectivity index (χ1v) is 14.1. The average Bonchev–Trinajstić information content (AvgIpc) is 2.70. The zero-order valence-corrected chi connectivity index (χ0v) is 25.5. The van der Waals surface area contributed by atoms with E-state index in [1.165, 1.54) is 5.56 Å². The average molecular weight is 502 g/mol. The first-order valence-electron chi connectivity index (χ1n) is 14.1. The molecule has 1 aromatic rings. The maximum absolute atomic E-state index is 13.5. The topological polar surface area (TPSA) is 49.8 Å². The zero-order chi connectivity index (χ0) is 27.7. The van der Waals surface area contributed by atoms with Crippen molar-refractivity contribution in [1.29, 1.82) is 0 Å². The van der Waals surface area contributed by atoms with Gasteiger partial charge in [-0.05, 0) is 81.5 Å². The van der Waals surface area contributed by atoms with Crippen LogP contribution in [0.4, 0.5) is 0 Å². The number of ether oxygens (including phenoxy) is 1. The minimum Gasteiger partial charge on any atom is -0.507 e. The molecule has 1 unspecified atom stereocenters. The minimum atomic E-state index is -0.158. The van der Waals surface area contributed by atoms with Gasteiger partial charge in [0, 0.05) is 23.9 Å². The second kappa shape index (κ2) is 11.1. The number of likely N-dealkylation sites (tertiary alicyclic amines) is 1. The van der Waals surface area contributed by atoms with Crippen molar-refractivity contribution in [2.75, 3.05) is 7.05 Å². The van der Waals surface area contributed by atoms with Gasteiger partial charge in [0.25, 0.3) is 0 Å². The fourth-order valence-corrected chi connectivity index (χ4v) is 5.78. The van der Waals surface area contributed by atoms with Crippen molar-refractivity contribution < 1.29 is 14.6 Å². The van der Waals surface area contributed by atoms with E-state index in [-0.39, 0.29) is 39.9 Å². The highest BCUT2D eigenvalue weighted by Gasteiger charge is 2.44. The summed E-state index contributed by atoms with van der Waals surface area (Å²) < 4.78 is 6.23. The molecule has 0 spiro atoms. The number of carbonyl (C=O) groups excluding carboxylic acids is 1. The molecule has 1 aliphatic rings. The van der Waals surface area contributed by atoms with Crippen LogP contribution in [0.1, 0.15) is 131 Å². The summed E-state index contributed by atoms with van der Waals surface area (Å²) in [5.74, 6) is 0.282. The summed E-state index contributed by atoms with van der Waals surface area (Å²) in [7, 11) is 2.18. The third kappa shape index (κ3) is 7.49. The van der Waals surface area contributed by atoms with Gasteiger partial charge in [-0.2, -0.15) is 0 Å². The van der Waals surface area contributed by atoms with E-state index in [9.17, 15) is 9.90 Å². The summed E-state index contributed by atoms with van der Waals surface area (Å²) >= 11 is 0. The number of hydrogen-bond acceptors (Lipinski definition) is 4. The molecule has 1 heterocycles. The summed E-state index contributed by atoms with van der Waals surface area (Å²) in [4.78, 5) is 15.9. The highest BCUT2D eigenvalue weighted by atomic mass is 16.5. The number of aryl methyl sites for hydroxylation is 1. The predicted molar refractivity (Wildman–Crippen MR) is 152 cm³/mol. The van der Waals surface area contributed by atoms with E-state index in [4.69, 9.17) is 4.74 Å². The molecule has 1 atom stereocenters. The molecular formula is C32H55NO3. The summed E-state index contributed by atoms with van der Waals surface area (Å²) in [6.45, 7) is 24.0. The van der Waals surface area contributed by atoms with Crippen molar-refractivity contribution in [3.05, 3.63) is 28.8 Å². The molecule has 0 radical (unpaired) electrons. The molecule has 36 heavy (non-hydrogen) atoms. The number of benzene rings is 1. The van der Waals surface area contributed by atoms with Crippen molar-refractivity contribution >= 4 is 5.97 Å². The number of hydrogen-bond donors (Lipinski definition) is 1. The lowest BCUT2D eigenvalue weighted by molar-refractivity contribution is -0.164. The number of aromatic hydroxyl groups is 1. The van der Waals surface area contributed by atoms with Gasteiger partial charge >= 0.3 is 5.97 Å². The van der Waals surface area contributed by atoms with E-state index >= 15 is 0 Å². The van der Waals surface area contributed by atoms with Crippen LogP contribution >= 0.6 is 0 Å². The van der Waals surface area contributed by atoms with Crippen LogP contribution in [0, 0.1) is 5.92 Å².